The first-order valence-corrected chi connectivity index (χ1v) is 3.06. The predicted octanol–water partition coefficient (Wildman–Crippen LogP) is -12.4. The third-order valence-electron chi connectivity index (χ3n) is 0. The molecule has 0 aliphatic carbocycles. The molecule has 0 aromatic rings. The zero-order valence-corrected chi connectivity index (χ0v) is 16.3. The Kier molecular flexibility index (Phi) is 147. The largest absolute Gasteiger partial charge is 5.00 e. The van der Waals surface area contributed by atoms with E-state index in [1.54, 1.807) is 0 Å². The van der Waals surface area contributed by atoms with Crippen molar-refractivity contribution in [3.8, 4) is 0 Å². The van der Waals surface area contributed by atoms with Gasteiger partial charge in [0.1, 0.15) is 0 Å². The van der Waals surface area contributed by atoms with E-state index in [-0.39, 0.29) is 87.3 Å². The maximum absolute atomic E-state index is 8.33. The van der Waals surface area contributed by atoms with Gasteiger partial charge in [0.05, 0.1) is 0 Å². The third-order valence-corrected chi connectivity index (χ3v) is 0. The summed E-state index contributed by atoms with van der Waals surface area (Å²) in [4.78, 5) is 41.7. The van der Waals surface area contributed by atoms with Crippen LogP contribution in [0.3, 0.4) is 0 Å². The van der Waals surface area contributed by atoms with Crippen LogP contribution in [0.5, 0.6) is 0 Å². The molecule has 0 N–H and O–H groups in total. The van der Waals surface area contributed by atoms with Gasteiger partial charge in [-0.05, 0) is 30.8 Å². The quantitative estimate of drug-likeness (QED) is 0.223. The van der Waals surface area contributed by atoms with Crippen LogP contribution in [0.1, 0.15) is 0 Å². The number of hydrogen-bond acceptors (Lipinski definition) is 15. The Balaban J connectivity index is -0.0000000134. The fourth-order valence-corrected chi connectivity index (χ4v) is 0. The third kappa shape index (κ3) is 9310. The van der Waals surface area contributed by atoms with Crippen molar-refractivity contribution in [2.45, 2.75) is 0 Å². The summed E-state index contributed by atoms with van der Waals surface area (Å²) in [6.45, 7) is 0. The molecule has 0 radical (unpaired) electrons. The van der Waals surface area contributed by atoms with E-state index in [0.717, 1.165) is 0 Å². The van der Waals surface area contributed by atoms with Gasteiger partial charge in [0.25, 0.3) is 0 Å². The van der Waals surface area contributed by atoms with E-state index in [2.05, 4.69) is 0 Å². The zero-order valence-electron chi connectivity index (χ0n) is 10.5. The molecule has 0 aliphatic heterocycles. The Morgan fingerprint density at radius 2 is 0.360 bits per heavy atom. The van der Waals surface area contributed by atoms with Crippen molar-refractivity contribution >= 4 is 30.8 Å². The van der Waals surface area contributed by atoms with Crippen molar-refractivity contribution in [1.82, 2.24) is 0 Å². The standard InChI is InChI=1S/5CH2O3.2Ag.O.2V/c5*2-1(3)4;;;;;/h5*(H2,2,3,4);;;;;/q;;;;;2*+1;-2;2*+5/p-10. The molecule has 0 fully saturated rings. The Morgan fingerprint density at radius 3 is 0.360 bits per heavy atom. The monoisotopic (exact) mass is 632 g/mol. The van der Waals surface area contributed by atoms with Gasteiger partial charge in [-0.1, -0.05) is 0 Å². The molecule has 0 aliphatic rings. The van der Waals surface area contributed by atoms with E-state index >= 15 is 0 Å². The second-order valence-electron chi connectivity index (χ2n) is 1.25. The van der Waals surface area contributed by atoms with Crippen LogP contribution in [0.15, 0.2) is 0 Å². The van der Waals surface area contributed by atoms with Crippen LogP contribution in [0.4, 0.5) is 24.0 Å². The molecule has 0 aromatic heterocycles. The van der Waals surface area contributed by atoms with Gasteiger partial charge in [0.2, 0.25) is 0 Å². The molecule has 0 spiro atoms. The maximum atomic E-state index is 8.33. The molecular formula is C5Ag2O16V2. The molecule has 0 bridgehead atoms. The van der Waals surface area contributed by atoms with E-state index in [1.807, 2.05) is 0 Å². The first-order valence-electron chi connectivity index (χ1n) is 3.06. The van der Waals surface area contributed by atoms with Crippen LogP contribution in [0.2, 0.25) is 0 Å². The number of rotatable bonds is 0. The molecule has 25 heavy (non-hydrogen) atoms. The predicted molar refractivity (Wildman–Crippen MR) is 27.7 cm³/mol. The van der Waals surface area contributed by atoms with Crippen molar-refractivity contribution in [2.75, 3.05) is 0 Å². The number of carbonyl (C=O) groups excluding carboxylic acids is 5. The second kappa shape index (κ2) is 56.8. The van der Waals surface area contributed by atoms with Gasteiger partial charge in [0.15, 0.2) is 0 Å². The zero-order chi connectivity index (χ0) is 17.9. The van der Waals surface area contributed by atoms with E-state index in [1.165, 1.54) is 0 Å². The van der Waals surface area contributed by atoms with Crippen LogP contribution >= 0.6 is 0 Å². The summed E-state index contributed by atoms with van der Waals surface area (Å²) in [5, 5.41) is 83.3. The Labute approximate surface area is 192 Å². The minimum Gasteiger partial charge on any atom is -2.00 e. The van der Waals surface area contributed by atoms with E-state index < -0.39 is 30.8 Å². The van der Waals surface area contributed by atoms with Crippen LogP contribution < -0.4 is 51.1 Å². The molecule has 0 saturated heterocycles. The smallest absolute Gasteiger partial charge is 2.00 e. The Hall–Kier alpha value is -1.04. The van der Waals surface area contributed by atoms with Gasteiger partial charge >= 0.3 is 81.9 Å². The minimum atomic E-state index is -2.33. The number of carboxylic acid groups (broad SMARTS) is 10. The first-order chi connectivity index (χ1) is 8.66. The molecule has 0 rings (SSSR count). The van der Waals surface area contributed by atoms with Gasteiger partial charge in [-0.15, -0.1) is 0 Å². The van der Waals surface area contributed by atoms with Crippen LogP contribution in [0.25, 0.3) is 0 Å². The summed E-state index contributed by atoms with van der Waals surface area (Å²) in [6.07, 6.45) is -11.7. The summed E-state index contributed by atoms with van der Waals surface area (Å²) >= 11 is 0. The number of carbonyl (C=O) groups is 5. The van der Waals surface area contributed by atoms with Crippen LogP contribution in [-0.2, 0) is 87.3 Å². The fraction of sp³-hybridized carbons (Fsp3) is 0. The topological polar surface area (TPSA) is 344 Å². The molecule has 148 valence electrons. The molecule has 0 atom stereocenters. The molecule has 0 amide bonds. The van der Waals surface area contributed by atoms with Gasteiger partial charge in [-0.2, -0.15) is 0 Å². The van der Waals surface area contributed by atoms with Crippen molar-refractivity contribution in [3.05, 3.63) is 0 Å². The Bertz CT molecular complexity index is 221. The Morgan fingerprint density at radius 1 is 0.360 bits per heavy atom. The summed E-state index contributed by atoms with van der Waals surface area (Å²) in [5.74, 6) is 0. The number of hydrogen-bond donors (Lipinski definition) is 0. The molecule has 0 aromatic carbocycles. The maximum Gasteiger partial charge on any atom is 5.00 e. The second-order valence-corrected chi connectivity index (χ2v) is 1.25. The van der Waals surface area contributed by atoms with Crippen molar-refractivity contribution < 1.29 is 162 Å². The van der Waals surface area contributed by atoms with Crippen molar-refractivity contribution in [2.24, 2.45) is 0 Å². The summed E-state index contributed by atoms with van der Waals surface area (Å²) in [5.41, 5.74) is 0. The molecule has 16 nitrogen and oxygen atoms in total. The average molecular weight is 634 g/mol. The molecule has 0 unspecified atom stereocenters. The average Bonchev–Trinajstić information content (AvgIpc) is 1.94. The van der Waals surface area contributed by atoms with E-state index in [4.69, 9.17) is 75.0 Å². The SMILES string of the molecule is O=C([O-])[O-].O=C([O-])[O-].O=C([O-])[O-].O=C([O-])[O-].O=C([O-])[O-].[Ag+].[Ag+].[O-2].[V+5].[V+5]. The van der Waals surface area contributed by atoms with Crippen molar-refractivity contribution in [3.63, 3.8) is 0 Å². The van der Waals surface area contributed by atoms with Gasteiger partial charge in [-0.25, -0.2) is 0 Å². The van der Waals surface area contributed by atoms with Crippen LogP contribution in [0, 0.1) is 0 Å². The van der Waals surface area contributed by atoms with Crippen molar-refractivity contribution in [1.29, 1.82) is 0 Å². The molecule has 20 heteroatoms. The van der Waals surface area contributed by atoms with E-state index in [9.17, 15) is 0 Å². The minimum absolute atomic E-state index is 0. The molecular weight excluding hydrogens is 634 g/mol. The van der Waals surface area contributed by atoms with E-state index in [0.29, 0.717) is 0 Å². The molecule has 0 saturated carbocycles. The first kappa shape index (κ1) is 64.8. The van der Waals surface area contributed by atoms with Gasteiger partial charge < -0.3 is 80.5 Å². The summed E-state index contributed by atoms with van der Waals surface area (Å²) in [7, 11) is 0. The summed E-state index contributed by atoms with van der Waals surface area (Å²) < 4.78 is 0. The summed E-state index contributed by atoms with van der Waals surface area (Å²) in [6, 6.07) is 0. The van der Waals surface area contributed by atoms with Crippen LogP contribution in [-0.4, -0.2) is 30.8 Å². The molecule has 0 heterocycles. The van der Waals surface area contributed by atoms with Gasteiger partial charge in [0, 0.05) is 0 Å². The normalized spacial score (nSPS) is 4.80. The van der Waals surface area contributed by atoms with Gasteiger partial charge in [-0.3, -0.25) is 0 Å². The fourth-order valence-electron chi connectivity index (χ4n) is 0.